The summed E-state index contributed by atoms with van der Waals surface area (Å²) in [5, 5.41) is 13.7. The van der Waals surface area contributed by atoms with Crippen LogP contribution in [0, 0.1) is 0 Å². The molecule has 0 aromatic carbocycles. The minimum Gasteiger partial charge on any atom is -0.347 e. The summed E-state index contributed by atoms with van der Waals surface area (Å²) in [5.74, 6) is 0.978. The number of hydrazone groups is 1. The minimum absolute atomic E-state index is 0.305. The lowest BCUT2D eigenvalue weighted by Gasteiger charge is -2.12. The molecule has 0 bridgehead atoms. The maximum atomic E-state index is 4.36. The molecule has 1 aromatic rings. The van der Waals surface area contributed by atoms with Gasteiger partial charge in [0.2, 0.25) is 0 Å². The molecular weight excluding hydrogens is 170 g/mol. The van der Waals surface area contributed by atoms with E-state index < -0.39 is 0 Å². The van der Waals surface area contributed by atoms with Gasteiger partial charge in [-0.05, 0) is 18.4 Å². The van der Waals surface area contributed by atoms with E-state index in [0.717, 1.165) is 5.84 Å². The van der Waals surface area contributed by atoms with E-state index in [2.05, 4.69) is 34.2 Å². The standard InChI is InChI=1S/C8H11N3S/c1-6-9-8(10-11(6)2)7-3-4-12-5-7/h3-6H,1-2H3,(H,9,10). The molecule has 1 unspecified atom stereocenters. The second-order valence-electron chi connectivity index (χ2n) is 2.85. The molecule has 64 valence electrons. The second kappa shape index (κ2) is 2.79. The summed E-state index contributed by atoms with van der Waals surface area (Å²) in [6.07, 6.45) is 0.305. The van der Waals surface area contributed by atoms with Gasteiger partial charge in [-0.3, -0.25) is 5.01 Å². The number of thiophene rings is 1. The van der Waals surface area contributed by atoms with Gasteiger partial charge in [-0.25, -0.2) is 0 Å². The molecule has 1 atom stereocenters. The van der Waals surface area contributed by atoms with Gasteiger partial charge in [0.15, 0.2) is 5.84 Å². The van der Waals surface area contributed by atoms with E-state index in [-0.39, 0.29) is 0 Å². The molecule has 1 aliphatic heterocycles. The Morgan fingerprint density at radius 2 is 2.50 bits per heavy atom. The van der Waals surface area contributed by atoms with Gasteiger partial charge in [0.05, 0.1) is 0 Å². The molecule has 1 aliphatic rings. The number of nitrogens with zero attached hydrogens (tertiary/aromatic N) is 2. The Labute approximate surface area is 75.7 Å². The highest BCUT2D eigenvalue weighted by Crippen LogP contribution is 2.11. The van der Waals surface area contributed by atoms with Gasteiger partial charge in [-0.1, -0.05) is 0 Å². The van der Waals surface area contributed by atoms with Gasteiger partial charge in [0.1, 0.15) is 6.17 Å². The van der Waals surface area contributed by atoms with Crippen molar-refractivity contribution in [1.82, 2.24) is 10.3 Å². The summed E-state index contributed by atoms with van der Waals surface area (Å²) in [5.41, 5.74) is 1.18. The zero-order valence-corrected chi connectivity index (χ0v) is 7.93. The summed E-state index contributed by atoms with van der Waals surface area (Å²) in [6.45, 7) is 2.09. The van der Waals surface area contributed by atoms with Gasteiger partial charge < -0.3 is 5.32 Å². The lowest BCUT2D eigenvalue weighted by atomic mass is 10.3. The topological polar surface area (TPSA) is 27.6 Å². The van der Waals surface area contributed by atoms with Crippen molar-refractivity contribution in [2.24, 2.45) is 5.10 Å². The summed E-state index contributed by atoms with van der Waals surface area (Å²) in [4.78, 5) is 0. The van der Waals surface area contributed by atoms with Gasteiger partial charge >= 0.3 is 0 Å². The Bertz CT molecular complexity index is 291. The highest BCUT2D eigenvalue weighted by atomic mass is 32.1. The van der Waals surface area contributed by atoms with Crippen LogP contribution in [0.5, 0.6) is 0 Å². The fraction of sp³-hybridized carbons (Fsp3) is 0.375. The first-order valence-electron chi connectivity index (χ1n) is 3.88. The molecule has 1 N–H and O–H groups in total. The van der Waals surface area contributed by atoms with Crippen LogP contribution in [0.25, 0.3) is 0 Å². The van der Waals surface area contributed by atoms with E-state index in [4.69, 9.17) is 0 Å². The average Bonchev–Trinajstić information content (AvgIpc) is 2.61. The van der Waals surface area contributed by atoms with Gasteiger partial charge in [0, 0.05) is 18.0 Å². The van der Waals surface area contributed by atoms with Crippen molar-refractivity contribution in [3.63, 3.8) is 0 Å². The van der Waals surface area contributed by atoms with E-state index in [1.165, 1.54) is 5.56 Å². The van der Waals surface area contributed by atoms with Crippen LogP contribution in [0.2, 0.25) is 0 Å². The fourth-order valence-corrected chi connectivity index (χ4v) is 1.75. The Morgan fingerprint density at radius 1 is 1.67 bits per heavy atom. The highest BCUT2D eigenvalue weighted by molar-refractivity contribution is 7.08. The monoisotopic (exact) mass is 181 g/mol. The molecule has 2 rings (SSSR count). The van der Waals surface area contributed by atoms with Crippen LogP contribution in [-0.2, 0) is 0 Å². The summed E-state index contributed by atoms with van der Waals surface area (Å²) in [7, 11) is 1.97. The number of rotatable bonds is 1. The highest BCUT2D eigenvalue weighted by Gasteiger charge is 2.18. The third kappa shape index (κ3) is 1.18. The molecule has 0 aliphatic carbocycles. The van der Waals surface area contributed by atoms with Crippen LogP contribution in [0.4, 0.5) is 0 Å². The first-order chi connectivity index (χ1) is 5.77. The van der Waals surface area contributed by atoms with Crippen LogP contribution in [-0.4, -0.2) is 24.1 Å². The quantitative estimate of drug-likeness (QED) is 0.707. The van der Waals surface area contributed by atoms with Crippen molar-refractivity contribution >= 4 is 17.2 Å². The van der Waals surface area contributed by atoms with Crippen molar-refractivity contribution in [2.75, 3.05) is 7.05 Å². The molecule has 0 saturated heterocycles. The van der Waals surface area contributed by atoms with Crippen molar-refractivity contribution in [3.05, 3.63) is 22.4 Å². The molecule has 1 aromatic heterocycles. The first-order valence-corrected chi connectivity index (χ1v) is 4.82. The Morgan fingerprint density at radius 3 is 3.00 bits per heavy atom. The lowest BCUT2D eigenvalue weighted by molar-refractivity contribution is 0.286. The molecule has 12 heavy (non-hydrogen) atoms. The largest absolute Gasteiger partial charge is 0.347 e. The van der Waals surface area contributed by atoms with Crippen molar-refractivity contribution in [2.45, 2.75) is 13.1 Å². The van der Waals surface area contributed by atoms with Gasteiger partial charge in [0.25, 0.3) is 0 Å². The molecule has 0 radical (unpaired) electrons. The van der Waals surface area contributed by atoms with Crippen molar-refractivity contribution < 1.29 is 0 Å². The third-order valence-corrected chi connectivity index (χ3v) is 2.64. The maximum absolute atomic E-state index is 4.36. The maximum Gasteiger partial charge on any atom is 0.155 e. The molecular formula is C8H11N3S. The fourth-order valence-electron chi connectivity index (χ4n) is 1.10. The average molecular weight is 181 g/mol. The predicted molar refractivity (Wildman–Crippen MR) is 51.2 cm³/mol. The normalized spacial score (nSPS) is 22.3. The molecule has 0 saturated carbocycles. The van der Waals surface area contributed by atoms with Gasteiger partial charge in [-0.15, -0.1) is 0 Å². The van der Waals surface area contributed by atoms with E-state index in [9.17, 15) is 0 Å². The van der Waals surface area contributed by atoms with Crippen molar-refractivity contribution in [1.29, 1.82) is 0 Å². The number of hydrogen-bond donors (Lipinski definition) is 1. The molecule has 0 fully saturated rings. The van der Waals surface area contributed by atoms with E-state index in [1.54, 1.807) is 11.3 Å². The van der Waals surface area contributed by atoms with Crippen LogP contribution in [0.15, 0.2) is 21.9 Å². The SMILES string of the molecule is CC1NC(c2ccsc2)=NN1C. The Hall–Kier alpha value is -1.03. The van der Waals surface area contributed by atoms with Crippen LogP contribution >= 0.6 is 11.3 Å². The predicted octanol–water partition coefficient (Wildman–Crippen LogP) is 1.29. The summed E-state index contributed by atoms with van der Waals surface area (Å²) in [6, 6.07) is 2.07. The first kappa shape index (κ1) is 7.61. The lowest BCUT2D eigenvalue weighted by Crippen LogP contribution is -2.33. The summed E-state index contributed by atoms with van der Waals surface area (Å²) >= 11 is 1.69. The van der Waals surface area contributed by atoms with Crippen LogP contribution < -0.4 is 5.32 Å². The zero-order valence-electron chi connectivity index (χ0n) is 7.11. The zero-order chi connectivity index (χ0) is 8.55. The molecule has 4 heteroatoms. The van der Waals surface area contributed by atoms with Gasteiger partial charge in [-0.2, -0.15) is 16.4 Å². The molecule has 3 nitrogen and oxygen atoms in total. The molecule has 0 spiro atoms. The smallest absolute Gasteiger partial charge is 0.155 e. The molecule has 0 amide bonds. The van der Waals surface area contributed by atoms with Crippen LogP contribution in [0.3, 0.4) is 0 Å². The van der Waals surface area contributed by atoms with E-state index in [0.29, 0.717) is 6.17 Å². The number of amidine groups is 1. The Kier molecular flexibility index (Phi) is 1.77. The number of hydrogen-bond acceptors (Lipinski definition) is 4. The summed E-state index contributed by atoms with van der Waals surface area (Å²) < 4.78 is 0. The van der Waals surface area contributed by atoms with E-state index in [1.807, 2.05) is 12.1 Å². The molecule has 2 heterocycles. The minimum atomic E-state index is 0.305. The van der Waals surface area contributed by atoms with E-state index >= 15 is 0 Å². The third-order valence-electron chi connectivity index (χ3n) is 1.96. The number of nitrogens with one attached hydrogen (secondary N) is 1. The Balaban J connectivity index is 2.23. The second-order valence-corrected chi connectivity index (χ2v) is 3.63. The van der Waals surface area contributed by atoms with Crippen molar-refractivity contribution in [3.8, 4) is 0 Å². The van der Waals surface area contributed by atoms with Crippen LogP contribution in [0.1, 0.15) is 12.5 Å².